The first-order chi connectivity index (χ1) is 15.8. The summed E-state index contributed by atoms with van der Waals surface area (Å²) in [6, 6.07) is 20.8. The molecule has 172 valence electrons. The van der Waals surface area contributed by atoms with Crippen LogP contribution in [0, 0.1) is 0 Å². The van der Waals surface area contributed by atoms with Gasteiger partial charge in [-0.15, -0.1) is 0 Å². The van der Waals surface area contributed by atoms with Crippen molar-refractivity contribution in [3.63, 3.8) is 0 Å². The van der Waals surface area contributed by atoms with Crippen molar-refractivity contribution in [1.82, 2.24) is 4.90 Å². The summed E-state index contributed by atoms with van der Waals surface area (Å²) >= 11 is 0. The normalized spacial score (nSPS) is 24.8. The van der Waals surface area contributed by atoms with Gasteiger partial charge in [0.1, 0.15) is 6.04 Å². The fraction of sp³-hybridized carbons (Fsp3) is 0.407. The molecule has 0 radical (unpaired) electrons. The number of nitrogens with zero attached hydrogens (tertiary/aromatic N) is 1. The Labute approximate surface area is 196 Å². The third-order valence-electron chi connectivity index (χ3n) is 7.38. The Kier molecular flexibility index (Phi) is 5.33. The number of amides is 1. The van der Waals surface area contributed by atoms with E-state index in [1.54, 1.807) is 4.90 Å². The number of piperidine rings is 1. The zero-order valence-electron chi connectivity index (χ0n) is 19.7. The van der Waals surface area contributed by atoms with Crippen molar-refractivity contribution in [3.05, 3.63) is 71.8 Å². The van der Waals surface area contributed by atoms with Gasteiger partial charge in [-0.05, 0) is 33.8 Å². The Morgan fingerprint density at radius 2 is 1.58 bits per heavy atom. The largest absolute Gasteiger partial charge is 0.435 e. The summed E-state index contributed by atoms with van der Waals surface area (Å²) in [5.41, 5.74) is 1.75. The molecule has 2 heterocycles. The molecule has 0 N–H and O–H groups in total. The number of ether oxygens (including phenoxy) is 1. The maximum Gasteiger partial charge on any atom is 0.411 e. The Balaban J connectivity index is 1.68. The van der Waals surface area contributed by atoms with Crippen LogP contribution < -0.4 is 10.4 Å². The minimum absolute atomic E-state index is 0.0497. The number of carbonyl (C=O) groups is 2. The molecule has 0 spiro atoms. The summed E-state index contributed by atoms with van der Waals surface area (Å²) in [4.78, 5) is 27.3. The number of ketones is 1. The molecular weight excluding hydrogens is 430 g/mol. The van der Waals surface area contributed by atoms with Crippen molar-refractivity contribution in [2.24, 2.45) is 0 Å². The zero-order valence-corrected chi connectivity index (χ0v) is 20.7. The lowest BCUT2D eigenvalue weighted by atomic mass is 9.93. The fourth-order valence-corrected chi connectivity index (χ4v) is 10.7. The van der Waals surface area contributed by atoms with Gasteiger partial charge in [0.15, 0.2) is 6.10 Å². The summed E-state index contributed by atoms with van der Waals surface area (Å²) < 4.78 is 12.9. The van der Waals surface area contributed by atoms with Crippen LogP contribution in [0.25, 0.3) is 0 Å². The van der Waals surface area contributed by atoms with Crippen LogP contribution in [0.3, 0.4) is 0 Å². The number of carbonyl (C=O) groups excluding carboxylic acids is 2. The first-order valence-corrected chi connectivity index (χ1v) is 13.7. The average Bonchev–Trinajstić information content (AvgIpc) is 3.29. The second-order valence-electron chi connectivity index (χ2n) is 10.2. The second-order valence-corrected chi connectivity index (χ2v) is 14.4. The Morgan fingerprint density at radius 3 is 2.09 bits per heavy atom. The predicted molar refractivity (Wildman–Crippen MR) is 130 cm³/mol. The summed E-state index contributed by atoms with van der Waals surface area (Å²) in [5, 5.41) is 2.26. The minimum Gasteiger partial charge on any atom is -0.435 e. The average molecular weight is 462 g/mol. The molecule has 33 heavy (non-hydrogen) atoms. The Bertz CT molecular complexity index is 1070. The molecule has 0 bridgehead atoms. The van der Waals surface area contributed by atoms with Crippen LogP contribution in [-0.2, 0) is 14.0 Å². The highest BCUT2D eigenvalue weighted by Crippen LogP contribution is 2.46. The van der Waals surface area contributed by atoms with E-state index >= 15 is 0 Å². The molecule has 2 aliphatic heterocycles. The molecule has 0 saturated carbocycles. The topological polar surface area (TPSA) is 55.8 Å². The summed E-state index contributed by atoms with van der Waals surface area (Å²) in [6.45, 7) is 9.31. The van der Waals surface area contributed by atoms with E-state index in [1.807, 2.05) is 19.1 Å². The van der Waals surface area contributed by atoms with Crippen molar-refractivity contribution in [1.29, 1.82) is 0 Å². The molecule has 5 rings (SSSR count). The number of benzene rings is 2. The van der Waals surface area contributed by atoms with Gasteiger partial charge in [-0.3, -0.25) is 9.69 Å². The molecule has 0 aromatic heterocycles. The summed E-state index contributed by atoms with van der Waals surface area (Å²) in [7, 11) is -2.79. The smallest absolute Gasteiger partial charge is 0.411 e. The van der Waals surface area contributed by atoms with E-state index in [0.29, 0.717) is 19.4 Å². The zero-order chi connectivity index (χ0) is 23.4. The number of rotatable bonds is 5. The molecule has 1 amide bonds. The predicted octanol–water partition coefficient (Wildman–Crippen LogP) is 3.81. The van der Waals surface area contributed by atoms with Gasteiger partial charge in [-0.1, -0.05) is 88.4 Å². The van der Waals surface area contributed by atoms with Crippen LogP contribution in [0.1, 0.15) is 40.5 Å². The summed E-state index contributed by atoms with van der Waals surface area (Å²) in [6.07, 6.45) is -0.0406. The van der Waals surface area contributed by atoms with Gasteiger partial charge in [-0.2, -0.15) is 0 Å². The third-order valence-corrected chi connectivity index (χ3v) is 12.4. The van der Waals surface area contributed by atoms with Crippen molar-refractivity contribution in [2.75, 3.05) is 6.54 Å². The molecule has 0 unspecified atom stereocenters. The minimum atomic E-state index is -2.79. The molecule has 5 nitrogen and oxygen atoms in total. The van der Waals surface area contributed by atoms with E-state index in [0.717, 1.165) is 11.1 Å². The first-order valence-electron chi connectivity index (χ1n) is 11.8. The van der Waals surface area contributed by atoms with Gasteiger partial charge in [0, 0.05) is 12.1 Å². The molecule has 2 saturated heterocycles. The van der Waals surface area contributed by atoms with Crippen LogP contribution >= 0.6 is 0 Å². The van der Waals surface area contributed by atoms with E-state index in [-0.39, 0.29) is 29.1 Å². The molecule has 3 aliphatic rings. The van der Waals surface area contributed by atoms with Crippen molar-refractivity contribution in [3.8, 4) is 0 Å². The maximum absolute atomic E-state index is 13.1. The number of Topliss-reactive ketones (excluding diaryl/α,β-unsaturated/α-hetero) is 1. The highest BCUT2D eigenvalue weighted by atomic mass is 28.4. The van der Waals surface area contributed by atoms with Gasteiger partial charge >= 0.3 is 6.09 Å². The van der Waals surface area contributed by atoms with Crippen molar-refractivity contribution in [2.45, 2.75) is 63.8 Å². The van der Waals surface area contributed by atoms with Gasteiger partial charge in [0.2, 0.25) is 5.78 Å². The van der Waals surface area contributed by atoms with Crippen LogP contribution in [0.4, 0.5) is 4.79 Å². The highest BCUT2D eigenvalue weighted by Gasteiger charge is 2.60. The van der Waals surface area contributed by atoms with Gasteiger partial charge < -0.3 is 9.16 Å². The van der Waals surface area contributed by atoms with Crippen LogP contribution in [0.15, 0.2) is 71.8 Å². The maximum atomic E-state index is 13.1. The van der Waals surface area contributed by atoms with Gasteiger partial charge in [0.25, 0.3) is 8.32 Å². The number of hydrogen-bond donors (Lipinski definition) is 0. The van der Waals surface area contributed by atoms with E-state index in [1.165, 1.54) is 10.4 Å². The Morgan fingerprint density at radius 1 is 1.00 bits per heavy atom. The lowest BCUT2D eigenvalue weighted by molar-refractivity contribution is -0.121. The van der Waals surface area contributed by atoms with Crippen molar-refractivity contribution >= 4 is 30.6 Å². The standard InChI is InChI=1S/C27H31NO4Si/c1-5-20-22-21(16-17-28-23(22)25(24(20)29)31-26(28)30)32-33(27(2,3)4,18-12-8-6-9-13-18)19-14-10-7-11-15-19/h6-15,21,23,25H,5,16-17H2,1-4H3/t21-,23-,25-/m1/s1. The van der Waals surface area contributed by atoms with Crippen LogP contribution in [-0.4, -0.2) is 49.9 Å². The van der Waals surface area contributed by atoms with Gasteiger partial charge in [-0.25, -0.2) is 4.79 Å². The SMILES string of the molecule is CCC1=C2[C@@H]3[C@@H](OC(=O)N3CC[C@H]2O[Si](c2ccccc2)(c2ccccc2)C(C)(C)C)C1=O. The number of hydrogen-bond acceptors (Lipinski definition) is 4. The van der Waals surface area contributed by atoms with E-state index in [9.17, 15) is 9.59 Å². The lowest BCUT2D eigenvalue weighted by Crippen LogP contribution is -2.68. The van der Waals surface area contributed by atoms with E-state index < -0.39 is 14.4 Å². The monoisotopic (exact) mass is 461 g/mol. The molecule has 1 aliphatic carbocycles. The Hall–Kier alpha value is -2.70. The van der Waals surface area contributed by atoms with Crippen molar-refractivity contribution < 1.29 is 18.8 Å². The molecule has 3 atom stereocenters. The third kappa shape index (κ3) is 3.22. The van der Waals surface area contributed by atoms with Crippen LogP contribution in [0.5, 0.6) is 0 Å². The fourth-order valence-electron chi connectivity index (χ4n) is 5.97. The van der Waals surface area contributed by atoms with Gasteiger partial charge in [0.05, 0.1) is 6.10 Å². The second kappa shape index (κ2) is 7.96. The van der Waals surface area contributed by atoms with E-state index in [4.69, 9.17) is 9.16 Å². The van der Waals surface area contributed by atoms with Crippen LogP contribution in [0.2, 0.25) is 5.04 Å². The highest BCUT2D eigenvalue weighted by molar-refractivity contribution is 6.99. The quantitative estimate of drug-likeness (QED) is 0.636. The molecule has 2 fully saturated rings. The molecule has 2 aromatic rings. The molecule has 6 heteroatoms. The van der Waals surface area contributed by atoms with E-state index in [2.05, 4.69) is 69.3 Å². The molecular formula is C27H31NO4Si. The summed E-state index contributed by atoms with van der Waals surface area (Å²) in [5.74, 6) is -0.0497. The molecule has 2 aromatic carbocycles. The lowest BCUT2D eigenvalue weighted by Gasteiger charge is -2.47. The first kappa shape index (κ1) is 22.1.